The highest BCUT2D eigenvalue weighted by Crippen LogP contribution is 2.41. The summed E-state index contributed by atoms with van der Waals surface area (Å²) in [4.78, 5) is 38.1. The lowest BCUT2D eigenvalue weighted by Gasteiger charge is -2.25. The van der Waals surface area contributed by atoms with E-state index >= 15 is 0 Å². The van der Waals surface area contributed by atoms with E-state index in [1.165, 1.54) is 29.8 Å². The fraction of sp³-hybridized carbons (Fsp3) is 0.350. The van der Waals surface area contributed by atoms with E-state index in [4.69, 9.17) is 9.15 Å². The van der Waals surface area contributed by atoms with Gasteiger partial charge < -0.3 is 19.4 Å². The molecule has 2 heterocycles. The molecule has 7 nitrogen and oxygen atoms in total. The van der Waals surface area contributed by atoms with Crippen LogP contribution in [0.2, 0.25) is 0 Å². The van der Waals surface area contributed by atoms with Gasteiger partial charge in [-0.2, -0.15) is 0 Å². The first-order valence-corrected chi connectivity index (χ1v) is 10.0. The van der Waals surface area contributed by atoms with Crippen molar-refractivity contribution >= 4 is 35.2 Å². The summed E-state index contributed by atoms with van der Waals surface area (Å²) >= 11 is 1.42. The first-order chi connectivity index (χ1) is 13.5. The Bertz CT molecular complexity index is 852. The van der Waals surface area contributed by atoms with Gasteiger partial charge >= 0.3 is 5.97 Å². The van der Waals surface area contributed by atoms with Gasteiger partial charge in [0.1, 0.15) is 17.2 Å². The average Bonchev–Trinajstić information content (AvgIpc) is 3.35. The molecule has 0 unspecified atom stereocenters. The molecule has 2 aromatic rings. The van der Waals surface area contributed by atoms with Crippen LogP contribution in [-0.4, -0.2) is 41.1 Å². The molecular formula is C20H22N2O5S. The molecule has 1 fully saturated rings. The summed E-state index contributed by atoms with van der Waals surface area (Å²) in [5, 5.41) is 2.33. The molecule has 8 heteroatoms. The largest absolute Gasteiger partial charge is 0.466 e. The number of nitrogens with one attached hydrogen (secondary N) is 1. The highest BCUT2D eigenvalue weighted by molar-refractivity contribution is 7.99. The Hall–Kier alpha value is -2.74. The van der Waals surface area contributed by atoms with Crippen molar-refractivity contribution in [1.29, 1.82) is 0 Å². The van der Waals surface area contributed by atoms with Crippen LogP contribution < -0.4 is 5.32 Å². The van der Waals surface area contributed by atoms with Crippen molar-refractivity contribution in [3.63, 3.8) is 0 Å². The van der Waals surface area contributed by atoms with Crippen LogP contribution >= 0.6 is 11.8 Å². The van der Waals surface area contributed by atoms with Crippen molar-refractivity contribution in [2.75, 3.05) is 17.7 Å². The van der Waals surface area contributed by atoms with Crippen molar-refractivity contribution in [3.05, 3.63) is 54.0 Å². The minimum absolute atomic E-state index is 0.255. The number of rotatable bonds is 6. The molecule has 28 heavy (non-hydrogen) atoms. The number of esters is 1. The molecule has 1 saturated heterocycles. The number of carbonyl (C=O) groups is 3. The predicted octanol–water partition coefficient (Wildman–Crippen LogP) is 2.99. The Morgan fingerprint density at radius 1 is 1.29 bits per heavy atom. The van der Waals surface area contributed by atoms with Gasteiger partial charge in [-0.15, -0.1) is 11.8 Å². The molecule has 1 aromatic carbocycles. The van der Waals surface area contributed by atoms with Crippen LogP contribution in [0.5, 0.6) is 0 Å². The summed E-state index contributed by atoms with van der Waals surface area (Å²) in [6.07, 6.45) is 2.38. The van der Waals surface area contributed by atoms with Gasteiger partial charge in [0, 0.05) is 18.4 Å². The number of amides is 2. The molecule has 148 valence electrons. The number of aryl methyl sites for hydroxylation is 1. The zero-order valence-corrected chi connectivity index (χ0v) is 16.5. The summed E-state index contributed by atoms with van der Waals surface area (Å²) in [5.74, 6) is -0.305. The molecule has 0 bridgehead atoms. The maximum atomic E-state index is 12.5. The number of benzene rings is 1. The lowest BCUT2D eigenvalue weighted by Crippen LogP contribution is -2.43. The van der Waals surface area contributed by atoms with Gasteiger partial charge in [-0.1, -0.05) is 19.1 Å². The second-order valence-electron chi connectivity index (χ2n) is 6.35. The van der Waals surface area contributed by atoms with E-state index in [1.54, 1.807) is 18.2 Å². The topological polar surface area (TPSA) is 88.8 Å². The third-order valence-electron chi connectivity index (χ3n) is 4.39. The zero-order chi connectivity index (χ0) is 20.1. The summed E-state index contributed by atoms with van der Waals surface area (Å²) in [6.45, 7) is 3.02. The number of carbonyl (C=O) groups excluding carboxylic acids is 3. The van der Waals surface area contributed by atoms with Crippen LogP contribution in [0.15, 0.2) is 47.1 Å². The molecule has 3 rings (SSSR count). The number of hydrogen-bond donors (Lipinski definition) is 1. The Morgan fingerprint density at radius 3 is 2.79 bits per heavy atom. The summed E-state index contributed by atoms with van der Waals surface area (Å²) in [6, 6.07) is 10.2. The molecule has 1 aliphatic rings. The molecular weight excluding hydrogens is 380 g/mol. The SMILES string of the molecule is CCc1cccc(NC(=O)COC(=O)[C@H]2CS[C@@H](c3ccco3)N2C(C)=O)c1. The standard InChI is InChI=1S/C20H22N2O5S/c1-3-14-6-4-7-15(10-14)21-18(24)11-27-20(25)16-12-28-19(22(16)13(2)23)17-8-5-9-26-17/h4-10,16,19H,3,11-12H2,1-2H3,(H,21,24)/t16-,19+/m1/s1. The molecule has 2 atom stereocenters. The highest BCUT2D eigenvalue weighted by Gasteiger charge is 2.43. The highest BCUT2D eigenvalue weighted by atomic mass is 32.2. The minimum Gasteiger partial charge on any atom is -0.466 e. The monoisotopic (exact) mass is 402 g/mol. The number of nitrogens with zero attached hydrogens (tertiary/aromatic N) is 1. The molecule has 2 amide bonds. The maximum Gasteiger partial charge on any atom is 0.330 e. The molecule has 1 aliphatic heterocycles. The fourth-order valence-electron chi connectivity index (χ4n) is 3.02. The lowest BCUT2D eigenvalue weighted by atomic mass is 10.1. The van der Waals surface area contributed by atoms with Crippen LogP contribution in [-0.2, 0) is 25.5 Å². The second kappa shape index (κ2) is 8.97. The molecule has 0 spiro atoms. The average molecular weight is 402 g/mol. The second-order valence-corrected chi connectivity index (χ2v) is 7.47. The first-order valence-electron chi connectivity index (χ1n) is 8.99. The number of thioether (sulfide) groups is 1. The van der Waals surface area contributed by atoms with E-state index in [0.717, 1.165) is 12.0 Å². The van der Waals surface area contributed by atoms with Crippen molar-refractivity contribution in [2.24, 2.45) is 0 Å². The molecule has 0 radical (unpaired) electrons. The van der Waals surface area contributed by atoms with E-state index in [9.17, 15) is 14.4 Å². The maximum absolute atomic E-state index is 12.5. The predicted molar refractivity (Wildman–Crippen MR) is 106 cm³/mol. The lowest BCUT2D eigenvalue weighted by molar-refractivity contribution is -0.155. The quantitative estimate of drug-likeness (QED) is 0.748. The first kappa shape index (κ1) is 20.0. The van der Waals surface area contributed by atoms with Crippen LogP contribution in [0, 0.1) is 0 Å². The van der Waals surface area contributed by atoms with Gasteiger partial charge in [0.15, 0.2) is 6.61 Å². The van der Waals surface area contributed by atoms with Crippen LogP contribution in [0.4, 0.5) is 5.69 Å². The third kappa shape index (κ3) is 4.56. The van der Waals surface area contributed by atoms with Gasteiger partial charge in [0.2, 0.25) is 5.91 Å². The van der Waals surface area contributed by atoms with E-state index in [2.05, 4.69) is 5.32 Å². The van der Waals surface area contributed by atoms with Gasteiger partial charge in [-0.05, 0) is 36.2 Å². The zero-order valence-electron chi connectivity index (χ0n) is 15.7. The Kier molecular flexibility index (Phi) is 6.41. The summed E-state index contributed by atoms with van der Waals surface area (Å²) in [7, 11) is 0. The fourth-order valence-corrected chi connectivity index (χ4v) is 4.44. The summed E-state index contributed by atoms with van der Waals surface area (Å²) in [5.41, 5.74) is 1.75. The van der Waals surface area contributed by atoms with Gasteiger partial charge in [0.25, 0.3) is 5.91 Å². The third-order valence-corrected chi connectivity index (χ3v) is 5.67. The van der Waals surface area contributed by atoms with Crippen molar-refractivity contribution in [2.45, 2.75) is 31.7 Å². The molecule has 0 saturated carbocycles. The number of hydrogen-bond acceptors (Lipinski definition) is 6. The van der Waals surface area contributed by atoms with Crippen LogP contribution in [0.25, 0.3) is 0 Å². The van der Waals surface area contributed by atoms with Crippen molar-refractivity contribution in [1.82, 2.24) is 4.90 Å². The normalized spacial score (nSPS) is 18.7. The van der Waals surface area contributed by atoms with E-state index in [1.807, 2.05) is 25.1 Å². The molecule has 0 aliphatic carbocycles. The van der Waals surface area contributed by atoms with Crippen LogP contribution in [0.1, 0.15) is 30.5 Å². The van der Waals surface area contributed by atoms with E-state index in [0.29, 0.717) is 17.2 Å². The minimum atomic E-state index is -0.756. The Labute approximate surface area is 167 Å². The molecule has 1 N–H and O–H groups in total. The van der Waals surface area contributed by atoms with Crippen LogP contribution in [0.3, 0.4) is 0 Å². The van der Waals surface area contributed by atoms with Crippen molar-refractivity contribution in [3.8, 4) is 0 Å². The Balaban J connectivity index is 1.57. The van der Waals surface area contributed by atoms with Gasteiger partial charge in [-0.25, -0.2) is 4.79 Å². The Morgan fingerprint density at radius 2 is 2.11 bits per heavy atom. The van der Waals surface area contributed by atoms with E-state index in [-0.39, 0.29) is 11.3 Å². The molecule has 1 aromatic heterocycles. The number of ether oxygens (including phenoxy) is 1. The van der Waals surface area contributed by atoms with Gasteiger partial charge in [-0.3, -0.25) is 9.59 Å². The van der Waals surface area contributed by atoms with Gasteiger partial charge in [0.05, 0.1) is 6.26 Å². The number of anilines is 1. The summed E-state index contributed by atoms with van der Waals surface area (Å²) < 4.78 is 10.6. The van der Waals surface area contributed by atoms with E-state index < -0.39 is 24.5 Å². The number of furan rings is 1. The smallest absolute Gasteiger partial charge is 0.330 e. The van der Waals surface area contributed by atoms with Crippen molar-refractivity contribution < 1.29 is 23.5 Å².